The number of pyridine rings is 1. The first-order chi connectivity index (χ1) is 5.34. The van der Waals surface area contributed by atoms with Crippen molar-refractivity contribution in [1.29, 1.82) is 0 Å². The quantitative estimate of drug-likeness (QED) is 0.471. The van der Waals surface area contributed by atoms with Gasteiger partial charge in [0.1, 0.15) is 0 Å². The van der Waals surface area contributed by atoms with Gasteiger partial charge in [-0.3, -0.25) is 4.98 Å². The molecule has 1 aromatic rings. The van der Waals surface area contributed by atoms with E-state index in [1.165, 1.54) is 6.08 Å². The zero-order chi connectivity index (χ0) is 8.10. The number of hydrogen-bond acceptors (Lipinski definition) is 3. The predicted molar refractivity (Wildman–Crippen MR) is 40.8 cm³/mol. The van der Waals surface area contributed by atoms with E-state index in [1.54, 1.807) is 12.4 Å². The molecule has 0 N–H and O–H groups in total. The molecule has 0 radical (unpaired) electrons. The van der Waals surface area contributed by atoms with Gasteiger partial charge in [0.05, 0.1) is 6.04 Å². The van der Waals surface area contributed by atoms with Crippen LogP contribution < -0.4 is 0 Å². The van der Waals surface area contributed by atoms with Crippen molar-refractivity contribution >= 4 is 6.08 Å². The van der Waals surface area contributed by atoms with Gasteiger partial charge >= 0.3 is 0 Å². The number of carbonyl (C=O) groups excluding carboxylic acids is 1. The van der Waals surface area contributed by atoms with Crippen LogP contribution >= 0.6 is 0 Å². The minimum absolute atomic E-state index is 0.138. The molecule has 1 rings (SSSR count). The Morgan fingerprint density at radius 3 is 3.09 bits per heavy atom. The van der Waals surface area contributed by atoms with Crippen LogP contribution in [0.1, 0.15) is 18.5 Å². The smallest absolute Gasteiger partial charge is 0.235 e. The van der Waals surface area contributed by atoms with Crippen molar-refractivity contribution in [3.05, 3.63) is 30.1 Å². The first kappa shape index (κ1) is 7.63. The van der Waals surface area contributed by atoms with Crippen LogP contribution in [0.5, 0.6) is 0 Å². The number of aromatic nitrogens is 1. The van der Waals surface area contributed by atoms with Gasteiger partial charge in [-0.1, -0.05) is 6.07 Å². The molecule has 1 unspecified atom stereocenters. The summed E-state index contributed by atoms with van der Waals surface area (Å²) in [5.41, 5.74) is 0.927. The van der Waals surface area contributed by atoms with Crippen molar-refractivity contribution in [2.45, 2.75) is 13.0 Å². The second-order valence-corrected chi connectivity index (χ2v) is 2.18. The van der Waals surface area contributed by atoms with E-state index in [-0.39, 0.29) is 6.04 Å². The van der Waals surface area contributed by atoms with E-state index < -0.39 is 0 Å². The highest BCUT2D eigenvalue weighted by atomic mass is 16.1. The summed E-state index contributed by atoms with van der Waals surface area (Å²) in [5.74, 6) is 0. The number of isocyanates is 1. The SMILES string of the molecule is CC(N=C=O)c1cccnc1. The maximum absolute atomic E-state index is 9.88. The lowest BCUT2D eigenvalue weighted by Gasteiger charge is -2.00. The average molecular weight is 148 g/mol. The first-order valence-corrected chi connectivity index (χ1v) is 3.31. The maximum atomic E-state index is 9.88. The highest BCUT2D eigenvalue weighted by Crippen LogP contribution is 2.12. The largest absolute Gasteiger partial charge is 0.264 e. The molecule has 0 aliphatic heterocycles. The fraction of sp³-hybridized carbons (Fsp3) is 0.250. The molecule has 0 aromatic carbocycles. The van der Waals surface area contributed by atoms with Gasteiger partial charge < -0.3 is 0 Å². The maximum Gasteiger partial charge on any atom is 0.235 e. The molecule has 11 heavy (non-hydrogen) atoms. The van der Waals surface area contributed by atoms with Crippen LogP contribution in [-0.2, 0) is 4.79 Å². The molecule has 3 nitrogen and oxygen atoms in total. The summed E-state index contributed by atoms with van der Waals surface area (Å²) in [4.78, 5) is 17.3. The van der Waals surface area contributed by atoms with Crippen LogP contribution in [0.3, 0.4) is 0 Å². The summed E-state index contributed by atoms with van der Waals surface area (Å²) in [5, 5.41) is 0. The Morgan fingerprint density at radius 1 is 1.73 bits per heavy atom. The van der Waals surface area contributed by atoms with Crippen molar-refractivity contribution in [1.82, 2.24) is 4.98 Å². The van der Waals surface area contributed by atoms with Crippen molar-refractivity contribution in [2.24, 2.45) is 4.99 Å². The molecule has 3 heteroatoms. The van der Waals surface area contributed by atoms with Gasteiger partial charge in [-0.2, -0.15) is 4.99 Å². The zero-order valence-electron chi connectivity index (χ0n) is 6.19. The Hall–Kier alpha value is -1.47. The van der Waals surface area contributed by atoms with E-state index >= 15 is 0 Å². The molecule has 0 aliphatic rings. The van der Waals surface area contributed by atoms with Crippen molar-refractivity contribution in [3.8, 4) is 0 Å². The fourth-order valence-corrected chi connectivity index (χ4v) is 0.777. The number of aliphatic imine (C=N–C) groups is 1. The van der Waals surface area contributed by atoms with Gasteiger partial charge in [0, 0.05) is 12.4 Å². The standard InChI is InChI=1S/C8H8N2O/c1-7(10-6-11)8-3-2-4-9-5-8/h2-5,7H,1H3. The van der Waals surface area contributed by atoms with E-state index in [1.807, 2.05) is 19.1 Å². The van der Waals surface area contributed by atoms with Gasteiger partial charge in [-0.05, 0) is 18.6 Å². The molecule has 0 fully saturated rings. The molecule has 0 saturated heterocycles. The highest BCUT2D eigenvalue weighted by Gasteiger charge is 2.00. The molecule has 0 amide bonds. The Bertz CT molecular complexity index is 265. The van der Waals surface area contributed by atoms with E-state index in [9.17, 15) is 4.79 Å². The summed E-state index contributed by atoms with van der Waals surface area (Å²) < 4.78 is 0. The Morgan fingerprint density at radius 2 is 2.55 bits per heavy atom. The third-order valence-corrected chi connectivity index (χ3v) is 1.41. The Kier molecular flexibility index (Phi) is 2.53. The van der Waals surface area contributed by atoms with E-state index in [0.717, 1.165) is 5.56 Å². The molecule has 0 aliphatic carbocycles. The van der Waals surface area contributed by atoms with Gasteiger partial charge in [-0.15, -0.1) is 0 Å². The number of nitrogens with zero attached hydrogens (tertiary/aromatic N) is 2. The molecule has 1 atom stereocenters. The van der Waals surface area contributed by atoms with Crippen LogP contribution in [0.15, 0.2) is 29.5 Å². The monoisotopic (exact) mass is 148 g/mol. The van der Waals surface area contributed by atoms with E-state index in [2.05, 4.69) is 9.98 Å². The number of rotatable bonds is 2. The van der Waals surface area contributed by atoms with Crippen LogP contribution in [0, 0.1) is 0 Å². The summed E-state index contributed by atoms with van der Waals surface area (Å²) in [6, 6.07) is 3.55. The molecular weight excluding hydrogens is 140 g/mol. The van der Waals surface area contributed by atoms with Crippen LogP contribution in [-0.4, -0.2) is 11.1 Å². The van der Waals surface area contributed by atoms with Crippen molar-refractivity contribution in [2.75, 3.05) is 0 Å². The zero-order valence-corrected chi connectivity index (χ0v) is 6.19. The van der Waals surface area contributed by atoms with Gasteiger partial charge in [0.15, 0.2) is 0 Å². The molecular formula is C8H8N2O. The lowest BCUT2D eigenvalue weighted by atomic mass is 10.2. The average Bonchev–Trinajstić information content (AvgIpc) is 2.07. The number of hydrogen-bond donors (Lipinski definition) is 0. The lowest BCUT2D eigenvalue weighted by Crippen LogP contribution is -1.88. The van der Waals surface area contributed by atoms with Crippen molar-refractivity contribution < 1.29 is 4.79 Å². The summed E-state index contributed by atoms with van der Waals surface area (Å²) in [7, 11) is 0. The third kappa shape index (κ3) is 1.99. The predicted octanol–water partition coefficient (Wildman–Crippen LogP) is 1.48. The Balaban J connectivity index is 2.84. The lowest BCUT2D eigenvalue weighted by molar-refractivity contribution is 0.559. The fourth-order valence-electron chi connectivity index (χ4n) is 0.777. The van der Waals surface area contributed by atoms with Crippen LogP contribution in [0.4, 0.5) is 0 Å². The molecule has 0 saturated carbocycles. The second-order valence-electron chi connectivity index (χ2n) is 2.18. The second kappa shape index (κ2) is 3.64. The highest BCUT2D eigenvalue weighted by molar-refractivity contribution is 5.34. The molecule has 0 bridgehead atoms. The summed E-state index contributed by atoms with van der Waals surface area (Å²) in [6.45, 7) is 1.82. The van der Waals surface area contributed by atoms with Crippen LogP contribution in [0.25, 0.3) is 0 Å². The molecule has 1 heterocycles. The Labute approximate surface area is 64.8 Å². The molecule has 56 valence electrons. The van der Waals surface area contributed by atoms with E-state index in [4.69, 9.17) is 0 Å². The minimum atomic E-state index is -0.138. The third-order valence-electron chi connectivity index (χ3n) is 1.41. The van der Waals surface area contributed by atoms with Crippen molar-refractivity contribution in [3.63, 3.8) is 0 Å². The molecule has 0 spiro atoms. The normalized spacial score (nSPS) is 11.7. The van der Waals surface area contributed by atoms with E-state index in [0.29, 0.717) is 0 Å². The van der Waals surface area contributed by atoms with Gasteiger partial charge in [0.25, 0.3) is 0 Å². The molecule has 1 aromatic heterocycles. The summed E-state index contributed by atoms with van der Waals surface area (Å²) in [6.07, 6.45) is 4.88. The van der Waals surface area contributed by atoms with Gasteiger partial charge in [0.2, 0.25) is 6.08 Å². The van der Waals surface area contributed by atoms with Gasteiger partial charge in [-0.25, -0.2) is 4.79 Å². The minimum Gasteiger partial charge on any atom is -0.264 e. The topological polar surface area (TPSA) is 42.3 Å². The summed E-state index contributed by atoms with van der Waals surface area (Å²) >= 11 is 0. The first-order valence-electron chi connectivity index (χ1n) is 3.31. The van der Waals surface area contributed by atoms with Crippen LogP contribution in [0.2, 0.25) is 0 Å².